The normalized spacial score (nSPS) is 10.6. The molecule has 11 heavy (non-hydrogen) atoms. The van der Waals surface area contributed by atoms with Gasteiger partial charge in [-0.1, -0.05) is 5.21 Å². The van der Waals surface area contributed by atoms with Crippen LogP contribution in [0.1, 0.15) is 5.56 Å². The van der Waals surface area contributed by atoms with Gasteiger partial charge in [0.2, 0.25) is 0 Å². The SMILES string of the molecule is Cc1cc2[nH]nnc2cc1O. The van der Waals surface area contributed by atoms with Crippen molar-refractivity contribution in [3.05, 3.63) is 17.7 Å². The molecule has 0 fully saturated rings. The minimum absolute atomic E-state index is 0.256. The fourth-order valence-electron chi connectivity index (χ4n) is 0.990. The van der Waals surface area contributed by atoms with E-state index in [9.17, 15) is 5.11 Å². The van der Waals surface area contributed by atoms with Crippen LogP contribution in [0.3, 0.4) is 0 Å². The largest absolute Gasteiger partial charge is 0.508 e. The number of nitrogens with zero attached hydrogens (tertiary/aromatic N) is 2. The first-order chi connectivity index (χ1) is 5.27. The van der Waals surface area contributed by atoms with Crippen molar-refractivity contribution in [1.29, 1.82) is 0 Å². The number of benzene rings is 1. The number of aromatic nitrogens is 3. The summed E-state index contributed by atoms with van der Waals surface area (Å²) < 4.78 is 0. The molecule has 0 unspecified atom stereocenters. The number of phenolic OH excluding ortho intramolecular Hbond substituents is 1. The maximum Gasteiger partial charge on any atom is 0.120 e. The van der Waals surface area contributed by atoms with Gasteiger partial charge in [-0.25, -0.2) is 0 Å². The first kappa shape index (κ1) is 6.15. The van der Waals surface area contributed by atoms with Crippen LogP contribution in [0.2, 0.25) is 0 Å². The summed E-state index contributed by atoms with van der Waals surface area (Å²) in [5.74, 6) is 0.256. The summed E-state index contributed by atoms with van der Waals surface area (Å²) in [7, 11) is 0. The van der Waals surface area contributed by atoms with Crippen LogP contribution in [0.25, 0.3) is 11.0 Å². The van der Waals surface area contributed by atoms with Gasteiger partial charge in [0.1, 0.15) is 11.3 Å². The van der Waals surface area contributed by atoms with Crippen molar-refractivity contribution >= 4 is 11.0 Å². The Kier molecular flexibility index (Phi) is 1.09. The van der Waals surface area contributed by atoms with Gasteiger partial charge in [0, 0.05) is 6.07 Å². The molecule has 0 aliphatic rings. The molecule has 0 spiro atoms. The van der Waals surface area contributed by atoms with Crippen LogP contribution in [0, 0.1) is 6.92 Å². The van der Waals surface area contributed by atoms with Gasteiger partial charge >= 0.3 is 0 Å². The zero-order chi connectivity index (χ0) is 7.84. The number of rotatable bonds is 0. The Hall–Kier alpha value is -1.58. The number of hydrogen-bond acceptors (Lipinski definition) is 3. The quantitative estimate of drug-likeness (QED) is 0.586. The van der Waals surface area contributed by atoms with Crippen molar-refractivity contribution in [2.75, 3.05) is 0 Å². The summed E-state index contributed by atoms with van der Waals surface area (Å²) in [6, 6.07) is 3.40. The molecule has 0 amide bonds. The zero-order valence-electron chi connectivity index (χ0n) is 6.00. The van der Waals surface area contributed by atoms with E-state index in [1.54, 1.807) is 6.07 Å². The minimum atomic E-state index is 0.256. The smallest absolute Gasteiger partial charge is 0.120 e. The van der Waals surface area contributed by atoms with Crippen LogP contribution in [0.5, 0.6) is 5.75 Å². The number of aromatic amines is 1. The molecule has 0 aliphatic heterocycles. The third-order valence-corrected chi connectivity index (χ3v) is 1.64. The molecule has 0 bridgehead atoms. The summed E-state index contributed by atoms with van der Waals surface area (Å²) >= 11 is 0. The van der Waals surface area contributed by atoms with Crippen LogP contribution in [-0.2, 0) is 0 Å². The monoisotopic (exact) mass is 149 g/mol. The van der Waals surface area contributed by atoms with E-state index in [0.29, 0.717) is 5.52 Å². The van der Waals surface area contributed by atoms with Gasteiger partial charge < -0.3 is 5.11 Å². The minimum Gasteiger partial charge on any atom is -0.508 e. The Balaban J connectivity index is 2.86. The molecule has 0 saturated heterocycles. The average molecular weight is 149 g/mol. The number of hydrogen-bond donors (Lipinski definition) is 2. The number of fused-ring (bicyclic) bond motifs is 1. The molecule has 2 rings (SSSR count). The van der Waals surface area contributed by atoms with Crippen molar-refractivity contribution < 1.29 is 5.11 Å². The lowest BCUT2D eigenvalue weighted by Crippen LogP contribution is -1.75. The third-order valence-electron chi connectivity index (χ3n) is 1.64. The zero-order valence-corrected chi connectivity index (χ0v) is 6.00. The van der Waals surface area contributed by atoms with Crippen LogP contribution in [0.15, 0.2) is 12.1 Å². The lowest BCUT2D eigenvalue weighted by atomic mass is 10.2. The van der Waals surface area contributed by atoms with Gasteiger partial charge in [0.15, 0.2) is 0 Å². The van der Waals surface area contributed by atoms with Crippen LogP contribution < -0.4 is 0 Å². The third kappa shape index (κ3) is 0.832. The predicted molar refractivity (Wildman–Crippen MR) is 40.3 cm³/mol. The van der Waals surface area contributed by atoms with E-state index in [0.717, 1.165) is 11.1 Å². The first-order valence-electron chi connectivity index (χ1n) is 3.28. The lowest BCUT2D eigenvalue weighted by Gasteiger charge is -1.95. The molecule has 0 saturated carbocycles. The lowest BCUT2D eigenvalue weighted by molar-refractivity contribution is 0.472. The second-order valence-electron chi connectivity index (χ2n) is 2.47. The molecule has 1 heterocycles. The summed E-state index contributed by atoms with van der Waals surface area (Å²) in [6.07, 6.45) is 0. The van der Waals surface area contributed by atoms with Gasteiger partial charge in [0.25, 0.3) is 0 Å². The number of aryl methyl sites for hydroxylation is 1. The standard InChI is InChI=1S/C7H7N3O/c1-4-2-5-6(3-7(4)11)9-10-8-5/h2-3,11H,1H3,(H,8,9,10). The molecular weight excluding hydrogens is 142 g/mol. The number of phenols is 1. The number of H-pyrrole nitrogens is 1. The fourth-order valence-corrected chi connectivity index (χ4v) is 0.990. The van der Waals surface area contributed by atoms with Gasteiger partial charge in [-0.3, -0.25) is 5.10 Å². The topological polar surface area (TPSA) is 61.8 Å². The van der Waals surface area contributed by atoms with Gasteiger partial charge in [-0.2, -0.15) is 0 Å². The molecule has 0 radical (unpaired) electrons. The van der Waals surface area contributed by atoms with Crippen LogP contribution in [-0.4, -0.2) is 20.5 Å². The van der Waals surface area contributed by atoms with E-state index < -0.39 is 0 Å². The molecule has 1 aromatic carbocycles. The van der Waals surface area contributed by atoms with Crippen molar-refractivity contribution in [3.8, 4) is 5.75 Å². The summed E-state index contributed by atoms with van der Waals surface area (Å²) in [5, 5.41) is 19.3. The van der Waals surface area contributed by atoms with Crippen molar-refractivity contribution in [1.82, 2.24) is 15.4 Å². The van der Waals surface area contributed by atoms with E-state index >= 15 is 0 Å². The van der Waals surface area contributed by atoms with Gasteiger partial charge in [0.05, 0.1) is 5.52 Å². The van der Waals surface area contributed by atoms with Crippen molar-refractivity contribution in [2.45, 2.75) is 6.92 Å². The molecule has 56 valence electrons. The molecule has 4 heteroatoms. The van der Waals surface area contributed by atoms with E-state index in [-0.39, 0.29) is 5.75 Å². The summed E-state index contributed by atoms with van der Waals surface area (Å²) in [6.45, 7) is 1.83. The fraction of sp³-hybridized carbons (Fsp3) is 0.143. The molecule has 2 aromatic rings. The van der Waals surface area contributed by atoms with E-state index in [2.05, 4.69) is 15.4 Å². The highest BCUT2D eigenvalue weighted by Crippen LogP contribution is 2.20. The maximum absolute atomic E-state index is 9.25. The Morgan fingerprint density at radius 1 is 1.45 bits per heavy atom. The highest BCUT2D eigenvalue weighted by Gasteiger charge is 2.01. The van der Waals surface area contributed by atoms with E-state index in [1.165, 1.54) is 0 Å². The van der Waals surface area contributed by atoms with E-state index in [4.69, 9.17) is 0 Å². The second-order valence-corrected chi connectivity index (χ2v) is 2.47. The van der Waals surface area contributed by atoms with Crippen molar-refractivity contribution in [2.24, 2.45) is 0 Å². The first-order valence-corrected chi connectivity index (χ1v) is 3.28. The molecule has 0 atom stereocenters. The number of nitrogens with one attached hydrogen (secondary N) is 1. The maximum atomic E-state index is 9.25. The van der Waals surface area contributed by atoms with E-state index in [1.807, 2.05) is 13.0 Å². The molecule has 2 N–H and O–H groups in total. The molecule has 0 aliphatic carbocycles. The van der Waals surface area contributed by atoms with Gasteiger partial charge in [-0.15, -0.1) is 5.10 Å². The molecule has 4 nitrogen and oxygen atoms in total. The summed E-state index contributed by atoms with van der Waals surface area (Å²) in [4.78, 5) is 0. The van der Waals surface area contributed by atoms with Crippen molar-refractivity contribution in [3.63, 3.8) is 0 Å². The Bertz CT molecular complexity index is 357. The molecular formula is C7H7N3O. The highest BCUT2D eigenvalue weighted by atomic mass is 16.3. The highest BCUT2D eigenvalue weighted by molar-refractivity contribution is 5.76. The van der Waals surface area contributed by atoms with Crippen LogP contribution in [0.4, 0.5) is 0 Å². The predicted octanol–water partition coefficient (Wildman–Crippen LogP) is 0.972. The number of aromatic hydroxyl groups is 1. The average Bonchev–Trinajstić information content (AvgIpc) is 2.36. The van der Waals surface area contributed by atoms with Crippen LogP contribution >= 0.6 is 0 Å². The Morgan fingerprint density at radius 2 is 2.27 bits per heavy atom. The summed E-state index contributed by atoms with van der Waals surface area (Å²) in [5.41, 5.74) is 2.36. The van der Waals surface area contributed by atoms with Gasteiger partial charge in [-0.05, 0) is 18.6 Å². The second kappa shape index (κ2) is 1.95. The molecule has 1 aromatic heterocycles. The Morgan fingerprint density at radius 3 is 3.09 bits per heavy atom. The Labute approximate surface area is 62.9 Å².